The van der Waals surface area contributed by atoms with Gasteiger partial charge >= 0.3 is 0 Å². The minimum absolute atomic E-state index is 0.164. The summed E-state index contributed by atoms with van der Waals surface area (Å²) in [4.78, 5) is 0. The summed E-state index contributed by atoms with van der Waals surface area (Å²) >= 11 is 0. The van der Waals surface area contributed by atoms with E-state index in [1.165, 1.54) is 0 Å². The van der Waals surface area contributed by atoms with Crippen LogP contribution in [0.5, 0.6) is 0 Å². The molecule has 0 aliphatic carbocycles. The Labute approximate surface area is 61.5 Å². The molecule has 1 saturated heterocycles. The second-order valence-electron chi connectivity index (χ2n) is 2.94. The number of hydrogen-bond donors (Lipinski definition) is 1. The first-order valence-electron chi connectivity index (χ1n) is 3.64. The Hall–Kier alpha value is -0.340. The fraction of sp³-hybridized carbons (Fsp3) is 0.750. The van der Waals surface area contributed by atoms with Crippen molar-refractivity contribution in [3.63, 3.8) is 0 Å². The quantitative estimate of drug-likeness (QED) is 0.555. The Morgan fingerprint density at radius 1 is 1.80 bits per heavy atom. The van der Waals surface area contributed by atoms with Gasteiger partial charge in [0.1, 0.15) is 0 Å². The van der Waals surface area contributed by atoms with Gasteiger partial charge in [-0.15, -0.1) is 6.58 Å². The van der Waals surface area contributed by atoms with Crippen LogP contribution in [0.3, 0.4) is 0 Å². The Morgan fingerprint density at radius 3 is 2.90 bits per heavy atom. The van der Waals surface area contributed by atoms with Crippen LogP contribution in [-0.2, 0) is 4.74 Å². The molecular formula is C8H14O2. The highest BCUT2D eigenvalue weighted by Gasteiger charge is 2.29. The molecule has 2 heteroatoms. The topological polar surface area (TPSA) is 29.5 Å². The van der Waals surface area contributed by atoms with Crippen molar-refractivity contribution in [1.29, 1.82) is 0 Å². The second kappa shape index (κ2) is 2.72. The summed E-state index contributed by atoms with van der Waals surface area (Å²) in [6, 6.07) is 0. The zero-order valence-corrected chi connectivity index (χ0v) is 6.34. The molecule has 1 rings (SSSR count). The van der Waals surface area contributed by atoms with Crippen molar-refractivity contribution in [1.82, 2.24) is 0 Å². The van der Waals surface area contributed by atoms with Crippen LogP contribution in [0.2, 0.25) is 0 Å². The molecule has 2 atom stereocenters. The van der Waals surface area contributed by atoms with Crippen LogP contribution >= 0.6 is 0 Å². The summed E-state index contributed by atoms with van der Waals surface area (Å²) in [5.41, 5.74) is -0.669. The summed E-state index contributed by atoms with van der Waals surface area (Å²) in [6.07, 6.45) is 3.14. The lowest BCUT2D eigenvalue weighted by Crippen LogP contribution is -2.37. The molecule has 1 N–H and O–H groups in total. The fourth-order valence-corrected chi connectivity index (χ4v) is 1.28. The van der Waals surface area contributed by atoms with Crippen LogP contribution in [0.1, 0.15) is 19.8 Å². The van der Waals surface area contributed by atoms with Crippen LogP contribution in [0.15, 0.2) is 12.7 Å². The van der Waals surface area contributed by atoms with E-state index in [0.29, 0.717) is 19.4 Å². The van der Waals surface area contributed by atoms with E-state index < -0.39 is 5.60 Å². The predicted molar refractivity (Wildman–Crippen MR) is 39.8 cm³/mol. The lowest BCUT2D eigenvalue weighted by atomic mass is 9.91. The van der Waals surface area contributed by atoms with Gasteiger partial charge in [-0.25, -0.2) is 0 Å². The Kier molecular flexibility index (Phi) is 2.11. The molecule has 58 valence electrons. The van der Waals surface area contributed by atoms with Gasteiger partial charge in [-0.1, -0.05) is 6.08 Å². The third-order valence-electron chi connectivity index (χ3n) is 1.96. The van der Waals surface area contributed by atoms with Crippen molar-refractivity contribution < 1.29 is 9.84 Å². The van der Waals surface area contributed by atoms with Gasteiger partial charge in [-0.2, -0.15) is 0 Å². The van der Waals surface area contributed by atoms with Gasteiger partial charge in [0.25, 0.3) is 0 Å². The maximum absolute atomic E-state index is 9.65. The van der Waals surface area contributed by atoms with E-state index in [1.54, 1.807) is 6.08 Å². The standard InChI is InChI=1S/C8H14O2/c1-3-8(9)4-5-10-7(2)6-8/h3,7,9H,1,4-6H2,2H3. The van der Waals surface area contributed by atoms with Gasteiger partial charge in [0.2, 0.25) is 0 Å². The lowest BCUT2D eigenvalue weighted by Gasteiger charge is -2.32. The van der Waals surface area contributed by atoms with Gasteiger partial charge in [0.05, 0.1) is 11.7 Å². The van der Waals surface area contributed by atoms with E-state index in [1.807, 2.05) is 6.92 Å². The van der Waals surface area contributed by atoms with Gasteiger partial charge in [-0.3, -0.25) is 0 Å². The third-order valence-corrected chi connectivity index (χ3v) is 1.96. The first kappa shape index (κ1) is 7.76. The van der Waals surface area contributed by atoms with Crippen molar-refractivity contribution >= 4 is 0 Å². The molecule has 2 unspecified atom stereocenters. The number of ether oxygens (including phenoxy) is 1. The summed E-state index contributed by atoms with van der Waals surface area (Å²) < 4.78 is 5.27. The van der Waals surface area contributed by atoms with Crippen LogP contribution in [0.4, 0.5) is 0 Å². The van der Waals surface area contributed by atoms with Crippen LogP contribution in [-0.4, -0.2) is 23.4 Å². The lowest BCUT2D eigenvalue weighted by molar-refractivity contribution is -0.0710. The molecule has 0 bridgehead atoms. The molecule has 1 aliphatic heterocycles. The molecule has 0 aromatic carbocycles. The third kappa shape index (κ3) is 1.58. The molecule has 0 aromatic rings. The van der Waals surface area contributed by atoms with E-state index in [4.69, 9.17) is 4.74 Å². The maximum atomic E-state index is 9.65. The molecule has 0 amide bonds. The molecule has 1 fully saturated rings. The highest BCUT2D eigenvalue weighted by atomic mass is 16.5. The zero-order chi connectivity index (χ0) is 7.61. The van der Waals surface area contributed by atoms with Gasteiger partial charge < -0.3 is 9.84 Å². The number of aliphatic hydroxyl groups is 1. The van der Waals surface area contributed by atoms with Crippen LogP contribution < -0.4 is 0 Å². The van der Waals surface area contributed by atoms with E-state index in [2.05, 4.69) is 6.58 Å². The molecule has 2 nitrogen and oxygen atoms in total. The highest BCUT2D eigenvalue weighted by molar-refractivity contribution is 4.98. The Balaban J connectivity index is 2.53. The van der Waals surface area contributed by atoms with Gasteiger partial charge in [0.15, 0.2) is 0 Å². The summed E-state index contributed by atoms with van der Waals surface area (Å²) in [5, 5.41) is 9.65. The van der Waals surface area contributed by atoms with Gasteiger partial charge in [-0.05, 0) is 6.92 Å². The van der Waals surface area contributed by atoms with E-state index in [9.17, 15) is 5.11 Å². The average molecular weight is 142 g/mol. The largest absolute Gasteiger partial charge is 0.386 e. The minimum atomic E-state index is -0.669. The number of hydrogen-bond acceptors (Lipinski definition) is 2. The van der Waals surface area contributed by atoms with Crippen molar-refractivity contribution in [3.05, 3.63) is 12.7 Å². The predicted octanol–water partition coefficient (Wildman–Crippen LogP) is 1.10. The van der Waals surface area contributed by atoms with Crippen molar-refractivity contribution in [2.24, 2.45) is 0 Å². The monoisotopic (exact) mass is 142 g/mol. The van der Waals surface area contributed by atoms with Crippen molar-refractivity contribution in [2.75, 3.05) is 6.61 Å². The highest BCUT2D eigenvalue weighted by Crippen LogP contribution is 2.24. The summed E-state index contributed by atoms with van der Waals surface area (Å²) in [5.74, 6) is 0. The Morgan fingerprint density at radius 2 is 2.50 bits per heavy atom. The van der Waals surface area contributed by atoms with Crippen molar-refractivity contribution in [2.45, 2.75) is 31.5 Å². The van der Waals surface area contributed by atoms with Crippen molar-refractivity contribution in [3.8, 4) is 0 Å². The zero-order valence-electron chi connectivity index (χ0n) is 6.34. The fourth-order valence-electron chi connectivity index (χ4n) is 1.28. The average Bonchev–Trinajstić information content (AvgIpc) is 1.88. The molecular weight excluding hydrogens is 128 g/mol. The smallest absolute Gasteiger partial charge is 0.0871 e. The van der Waals surface area contributed by atoms with Crippen LogP contribution in [0, 0.1) is 0 Å². The first-order chi connectivity index (χ1) is 4.66. The summed E-state index contributed by atoms with van der Waals surface area (Å²) in [7, 11) is 0. The molecule has 0 saturated carbocycles. The molecule has 1 aliphatic rings. The number of rotatable bonds is 1. The summed E-state index contributed by atoms with van der Waals surface area (Å²) in [6.45, 7) is 6.19. The minimum Gasteiger partial charge on any atom is -0.386 e. The van der Waals surface area contributed by atoms with E-state index in [0.717, 1.165) is 0 Å². The molecule has 10 heavy (non-hydrogen) atoms. The normalized spacial score (nSPS) is 41.2. The first-order valence-corrected chi connectivity index (χ1v) is 3.64. The SMILES string of the molecule is C=CC1(O)CCOC(C)C1. The second-order valence-corrected chi connectivity index (χ2v) is 2.94. The van der Waals surface area contributed by atoms with E-state index in [-0.39, 0.29) is 6.10 Å². The van der Waals surface area contributed by atoms with E-state index >= 15 is 0 Å². The molecule has 0 spiro atoms. The maximum Gasteiger partial charge on any atom is 0.0871 e. The van der Waals surface area contributed by atoms with Crippen LogP contribution in [0.25, 0.3) is 0 Å². The molecule has 0 radical (unpaired) electrons. The molecule has 0 aromatic heterocycles. The molecule has 1 heterocycles. The Bertz CT molecular complexity index is 133. The van der Waals surface area contributed by atoms with Gasteiger partial charge in [0, 0.05) is 19.4 Å².